The minimum absolute atomic E-state index is 0.140. The zero-order valence-electron chi connectivity index (χ0n) is 14.7. The van der Waals surface area contributed by atoms with Crippen molar-refractivity contribution in [2.24, 2.45) is 0 Å². The van der Waals surface area contributed by atoms with Gasteiger partial charge in [-0.05, 0) is 50.1 Å². The summed E-state index contributed by atoms with van der Waals surface area (Å²) in [4.78, 5) is 17.1. The second-order valence-electron chi connectivity index (χ2n) is 5.94. The summed E-state index contributed by atoms with van der Waals surface area (Å²) in [6.07, 6.45) is 0. The number of thiazole rings is 1. The Kier molecular flexibility index (Phi) is 4.86. The number of hydrogen-bond donors (Lipinski definition) is 1. The molecular weight excluding hydrogens is 332 g/mol. The molecule has 1 heterocycles. The van der Waals surface area contributed by atoms with Crippen LogP contribution in [0.1, 0.15) is 27.0 Å². The van der Waals surface area contributed by atoms with Gasteiger partial charge in [0, 0.05) is 16.5 Å². The molecular formula is C20H20N2O2S. The second-order valence-corrected chi connectivity index (χ2v) is 6.80. The number of anilines is 1. The minimum Gasteiger partial charge on any atom is -0.496 e. The van der Waals surface area contributed by atoms with Crippen LogP contribution in [-0.2, 0) is 0 Å². The first-order chi connectivity index (χ1) is 12.0. The first kappa shape index (κ1) is 17.2. The van der Waals surface area contributed by atoms with E-state index in [9.17, 15) is 4.79 Å². The third-order valence-electron chi connectivity index (χ3n) is 4.20. The molecule has 0 spiro atoms. The minimum atomic E-state index is -0.140. The molecule has 0 aliphatic heterocycles. The largest absolute Gasteiger partial charge is 0.496 e. The summed E-state index contributed by atoms with van der Waals surface area (Å²) in [5, 5.41) is 5.40. The average Bonchev–Trinajstić information content (AvgIpc) is 3.05. The fourth-order valence-corrected chi connectivity index (χ4v) is 3.34. The van der Waals surface area contributed by atoms with Crippen molar-refractivity contribution in [3.8, 4) is 17.0 Å². The Hall–Kier alpha value is -2.66. The number of ether oxygens (including phenoxy) is 1. The fourth-order valence-electron chi connectivity index (χ4n) is 2.64. The van der Waals surface area contributed by atoms with Crippen molar-refractivity contribution in [1.82, 2.24) is 4.98 Å². The van der Waals surface area contributed by atoms with Crippen molar-refractivity contribution in [2.45, 2.75) is 20.8 Å². The van der Waals surface area contributed by atoms with Crippen LogP contribution in [0, 0.1) is 20.8 Å². The van der Waals surface area contributed by atoms with Crippen LogP contribution in [-0.4, -0.2) is 18.0 Å². The van der Waals surface area contributed by atoms with Crippen LogP contribution in [0.4, 0.5) is 5.13 Å². The number of methoxy groups -OCH3 is 1. The standard InChI is InChI=1S/C20H20N2O2S/c1-12-8-9-18(24-4)16(10-12)17-11-25-20(21-17)22-19(23)15-7-5-6-13(2)14(15)3/h5-11H,1-4H3,(H,21,22,23). The number of nitrogens with zero attached hydrogens (tertiary/aromatic N) is 1. The molecule has 0 saturated heterocycles. The zero-order valence-corrected chi connectivity index (χ0v) is 15.5. The van der Waals surface area contributed by atoms with Crippen molar-refractivity contribution >= 4 is 22.4 Å². The maximum Gasteiger partial charge on any atom is 0.257 e. The normalized spacial score (nSPS) is 10.6. The van der Waals surface area contributed by atoms with Gasteiger partial charge in [-0.1, -0.05) is 23.8 Å². The van der Waals surface area contributed by atoms with E-state index in [-0.39, 0.29) is 5.91 Å². The van der Waals surface area contributed by atoms with E-state index in [1.54, 1.807) is 7.11 Å². The summed E-state index contributed by atoms with van der Waals surface area (Å²) in [6, 6.07) is 11.7. The molecule has 0 aliphatic carbocycles. The summed E-state index contributed by atoms with van der Waals surface area (Å²) in [7, 11) is 1.64. The lowest BCUT2D eigenvalue weighted by Gasteiger charge is -2.08. The number of aryl methyl sites for hydroxylation is 2. The first-order valence-corrected chi connectivity index (χ1v) is 8.85. The molecule has 0 unspecified atom stereocenters. The fraction of sp³-hybridized carbons (Fsp3) is 0.200. The Morgan fingerprint density at radius 1 is 1.16 bits per heavy atom. The molecule has 2 aromatic carbocycles. The van der Waals surface area contributed by atoms with E-state index in [0.29, 0.717) is 10.7 Å². The van der Waals surface area contributed by atoms with Crippen LogP contribution < -0.4 is 10.1 Å². The molecule has 3 rings (SSSR count). The SMILES string of the molecule is COc1ccc(C)cc1-c1csc(NC(=O)c2cccc(C)c2C)n1. The van der Waals surface area contributed by atoms with E-state index < -0.39 is 0 Å². The van der Waals surface area contributed by atoms with Crippen LogP contribution in [0.15, 0.2) is 41.8 Å². The Labute approximate surface area is 151 Å². The van der Waals surface area contributed by atoms with Gasteiger partial charge in [-0.2, -0.15) is 0 Å². The van der Waals surface area contributed by atoms with Gasteiger partial charge in [-0.15, -0.1) is 11.3 Å². The Morgan fingerprint density at radius 3 is 2.72 bits per heavy atom. The maximum atomic E-state index is 12.5. The summed E-state index contributed by atoms with van der Waals surface area (Å²) < 4.78 is 5.42. The van der Waals surface area contributed by atoms with Crippen molar-refractivity contribution in [1.29, 1.82) is 0 Å². The Morgan fingerprint density at radius 2 is 1.96 bits per heavy atom. The first-order valence-electron chi connectivity index (χ1n) is 7.97. The van der Waals surface area contributed by atoms with Crippen LogP contribution in [0.3, 0.4) is 0 Å². The van der Waals surface area contributed by atoms with Crippen molar-refractivity contribution in [3.63, 3.8) is 0 Å². The number of hydrogen-bond acceptors (Lipinski definition) is 4. The highest BCUT2D eigenvalue weighted by atomic mass is 32.1. The van der Waals surface area contributed by atoms with E-state index in [4.69, 9.17) is 4.74 Å². The highest BCUT2D eigenvalue weighted by Crippen LogP contribution is 2.33. The number of rotatable bonds is 4. The number of aromatic nitrogens is 1. The van der Waals surface area contributed by atoms with Crippen molar-refractivity contribution in [3.05, 3.63) is 64.0 Å². The number of carbonyl (C=O) groups is 1. The van der Waals surface area contributed by atoms with Gasteiger partial charge in [-0.25, -0.2) is 4.98 Å². The maximum absolute atomic E-state index is 12.5. The molecule has 3 aromatic rings. The van der Waals surface area contributed by atoms with Crippen LogP contribution in [0.5, 0.6) is 5.75 Å². The molecule has 0 fully saturated rings. The summed E-state index contributed by atoms with van der Waals surface area (Å²) in [6.45, 7) is 5.98. The van der Waals surface area contributed by atoms with E-state index in [2.05, 4.69) is 10.3 Å². The van der Waals surface area contributed by atoms with Gasteiger partial charge in [0.25, 0.3) is 5.91 Å². The number of nitrogens with one attached hydrogen (secondary N) is 1. The smallest absolute Gasteiger partial charge is 0.257 e. The second kappa shape index (κ2) is 7.07. The molecule has 0 saturated carbocycles. The molecule has 0 atom stereocenters. The predicted octanol–water partition coefficient (Wildman–Crippen LogP) is 5.00. The summed E-state index contributed by atoms with van der Waals surface area (Å²) in [5.74, 6) is 0.626. The van der Waals surface area contributed by atoms with Gasteiger partial charge < -0.3 is 4.74 Å². The van der Waals surface area contributed by atoms with Crippen molar-refractivity contribution < 1.29 is 9.53 Å². The van der Waals surface area contributed by atoms with Crippen LogP contribution in [0.2, 0.25) is 0 Å². The lowest BCUT2D eigenvalue weighted by molar-refractivity contribution is 0.102. The average molecular weight is 352 g/mol. The lowest BCUT2D eigenvalue weighted by Crippen LogP contribution is -2.13. The molecule has 25 heavy (non-hydrogen) atoms. The molecule has 0 bridgehead atoms. The van der Waals surface area contributed by atoms with Crippen LogP contribution >= 0.6 is 11.3 Å². The monoisotopic (exact) mass is 352 g/mol. The molecule has 0 aliphatic rings. The zero-order chi connectivity index (χ0) is 18.0. The number of benzene rings is 2. The molecule has 1 aromatic heterocycles. The van der Waals surface area contributed by atoms with E-state index in [1.807, 2.05) is 62.5 Å². The van der Waals surface area contributed by atoms with Crippen LogP contribution in [0.25, 0.3) is 11.3 Å². The Bertz CT molecular complexity index is 931. The third kappa shape index (κ3) is 3.56. The summed E-state index contributed by atoms with van der Waals surface area (Å²) >= 11 is 1.40. The molecule has 128 valence electrons. The summed E-state index contributed by atoms with van der Waals surface area (Å²) in [5.41, 5.74) is 5.59. The quantitative estimate of drug-likeness (QED) is 0.719. The molecule has 1 amide bonds. The lowest BCUT2D eigenvalue weighted by atomic mass is 10.0. The number of carbonyl (C=O) groups excluding carboxylic acids is 1. The van der Waals surface area contributed by atoms with Crippen molar-refractivity contribution in [2.75, 3.05) is 12.4 Å². The predicted molar refractivity (Wildman–Crippen MR) is 103 cm³/mol. The van der Waals surface area contributed by atoms with Gasteiger partial charge in [0.15, 0.2) is 5.13 Å². The molecule has 0 radical (unpaired) electrons. The molecule has 1 N–H and O–H groups in total. The van der Waals surface area contributed by atoms with Gasteiger partial charge in [0.05, 0.1) is 12.8 Å². The topological polar surface area (TPSA) is 51.2 Å². The highest BCUT2D eigenvalue weighted by molar-refractivity contribution is 7.14. The van der Waals surface area contributed by atoms with Gasteiger partial charge in [0.1, 0.15) is 5.75 Å². The molecule has 5 heteroatoms. The molecule has 4 nitrogen and oxygen atoms in total. The number of amides is 1. The third-order valence-corrected chi connectivity index (χ3v) is 4.96. The van der Waals surface area contributed by atoms with Gasteiger partial charge >= 0.3 is 0 Å². The van der Waals surface area contributed by atoms with E-state index in [0.717, 1.165) is 33.7 Å². The van der Waals surface area contributed by atoms with E-state index in [1.165, 1.54) is 11.3 Å². The van der Waals surface area contributed by atoms with E-state index >= 15 is 0 Å². The highest BCUT2D eigenvalue weighted by Gasteiger charge is 2.14. The Balaban J connectivity index is 1.86. The van der Waals surface area contributed by atoms with Gasteiger partial charge in [-0.3, -0.25) is 10.1 Å². The van der Waals surface area contributed by atoms with Gasteiger partial charge in [0.2, 0.25) is 0 Å².